The van der Waals surface area contributed by atoms with Crippen LogP contribution in [0.2, 0.25) is 0 Å². The molecule has 1 saturated heterocycles. The molecule has 1 unspecified atom stereocenters. The van der Waals surface area contributed by atoms with Gasteiger partial charge < -0.3 is 9.52 Å². The van der Waals surface area contributed by atoms with E-state index in [1.54, 1.807) is 0 Å². The van der Waals surface area contributed by atoms with Crippen molar-refractivity contribution in [2.24, 2.45) is 0 Å². The average Bonchev–Trinajstić information content (AvgIpc) is 2.65. The van der Waals surface area contributed by atoms with Crippen molar-refractivity contribution in [1.29, 1.82) is 0 Å². The van der Waals surface area contributed by atoms with Crippen LogP contribution in [0.4, 0.5) is 0 Å². The van der Waals surface area contributed by atoms with Crippen LogP contribution in [0.15, 0.2) is 10.8 Å². The highest BCUT2D eigenvalue weighted by molar-refractivity contribution is 5.73. The monoisotopic (exact) mass is 224 g/mol. The molecule has 1 aromatic rings. The molecule has 0 aliphatic carbocycles. The normalized spacial score (nSPS) is 22.2. The Bertz CT molecular complexity index is 375. The predicted octanol–water partition coefficient (Wildman–Crippen LogP) is 1.42. The fourth-order valence-corrected chi connectivity index (χ4v) is 2.13. The van der Waals surface area contributed by atoms with E-state index < -0.39 is 5.97 Å². The van der Waals surface area contributed by atoms with Crippen LogP contribution >= 0.6 is 0 Å². The summed E-state index contributed by atoms with van der Waals surface area (Å²) in [5, 5.41) is 9.12. The molecule has 1 aliphatic rings. The number of hydrogen-bond donors (Lipinski definition) is 1. The second-order valence-corrected chi connectivity index (χ2v) is 4.18. The summed E-state index contributed by atoms with van der Waals surface area (Å²) in [4.78, 5) is 17.2. The number of aryl methyl sites for hydroxylation is 1. The van der Waals surface area contributed by atoms with Gasteiger partial charge in [-0.1, -0.05) is 6.42 Å². The van der Waals surface area contributed by atoms with Gasteiger partial charge in [-0.05, 0) is 26.3 Å². The van der Waals surface area contributed by atoms with Gasteiger partial charge >= 0.3 is 5.97 Å². The number of aromatic nitrogens is 1. The smallest absolute Gasteiger partial charge is 0.320 e. The number of rotatable bonds is 3. The molecule has 1 aromatic heterocycles. The van der Waals surface area contributed by atoms with E-state index in [2.05, 4.69) is 4.98 Å². The highest BCUT2D eigenvalue weighted by atomic mass is 16.4. The maximum atomic E-state index is 11.1. The second kappa shape index (κ2) is 4.65. The molecule has 0 saturated carbocycles. The third kappa shape index (κ3) is 2.24. The molecule has 0 amide bonds. The van der Waals surface area contributed by atoms with Crippen LogP contribution in [0.3, 0.4) is 0 Å². The second-order valence-electron chi connectivity index (χ2n) is 4.18. The first-order chi connectivity index (χ1) is 7.68. The number of aliphatic carboxylic acids is 1. The number of piperidine rings is 1. The Balaban J connectivity index is 2.07. The van der Waals surface area contributed by atoms with Gasteiger partial charge in [-0.3, -0.25) is 9.69 Å². The quantitative estimate of drug-likeness (QED) is 0.841. The molecule has 0 spiro atoms. The topological polar surface area (TPSA) is 66.6 Å². The van der Waals surface area contributed by atoms with E-state index in [0.29, 0.717) is 6.54 Å². The van der Waals surface area contributed by atoms with E-state index in [0.717, 1.165) is 37.3 Å². The summed E-state index contributed by atoms with van der Waals surface area (Å²) in [5.74, 6) is 0.0376. The lowest BCUT2D eigenvalue weighted by Gasteiger charge is -2.32. The summed E-state index contributed by atoms with van der Waals surface area (Å²) in [6.07, 6.45) is 4.18. The fourth-order valence-electron chi connectivity index (χ4n) is 2.13. The maximum absolute atomic E-state index is 11.1. The van der Waals surface area contributed by atoms with Crippen molar-refractivity contribution in [3.63, 3.8) is 0 Å². The van der Waals surface area contributed by atoms with E-state index in [4.69, 9.17) is 9.52 Å². The molecule has 2 rings (SSSR count). The van der Waals surface area contributed by atoms with E-state index >= 15 is 0 Å². The van der Waals surface area contributed by atoms with Crippen LogP contribution in [-0.2, 0) is 11.3 Å². The lowest BCUT2D eigenvalue weighted by molar-refractivity contribution is -0.144. The molecule has 5 heteroatoms. The zero-order chi connectivity index (χ0) is 11.5. The zero-order valence-corrected chi connectivity index (χ0v) is 9.35. The first-order valence-electron chi connectivity index (χ1n) is 5.54. The van der Waals surface area contributed by atoms with Crippen LogP contribution in [0.25, 0.3) is 0 Å². The van der Waals surface area contributed by atoms with Crippen molar-refractivity contribution in [2.75, 3.05) is 6.54 Å². The molecule has 2 heterocycles. The lowest BCUT2D eigenvalue weighted by Crippen LogP contribution is -2.44. The molecule has 0 bridgehead atoms. The van der Waals surface area contributed by atoms with Gasteiger partial charge in [0.2, 0.25) is 0 Å². The standard InChI is InChI=1S/C11H16N2O3/c1-8-9(12-7-16-8)6-13-5-3-2-4-10(13)11(14)15/h7,10H,2-6H2,1H3,(H,14,15). The highest BCUT2D eigenvalue weighted by Crippen LogP contribution is 2.20. The molecule has 1 atom stereocenters. The van der Waals surface area contributed by atoms with Gasteiger partial charge in [-0.2, -0.15) is 0 Å². The molecule has 0 aromatic carbocycles. The van der Waals surface area contributed by atoms with Crippen molar-refractivity contribution in [1.82, 2.24) is 9.88 Å². The number of carboxylic acid groups (broad SMARTS) is 1. The van der Waals surface area contributed by atoms with Gasteiger partial charge in [0.15, 0.2) is 6.39 Å². The predicted molar refractivity (Wildman–Crippen MR) is 56.9 cm³/mol. The van der Waals surface area contributed by atoms with Gasteiger partial charge in [-0.15, -0.1) is 0 Å². The van der Waals surface area contributed by atoms with E-state index in [-0.39, 0.29) is 6.04 Å². The number of carboxylic acids is 1. The maximum Gasteiger partial charge on any atom is 0.320 e. The third-order valence-corrected chi connectivity index (χ3v) is 3.10. The minimum atomic E-state index is -0.735. The number of likely N-dealkylation sites (tertiary alicyclic amines) is 1. The SMILES string of the molecule is Cc1ocnc1CN1CCCCC1C(=O)O. The molecular weight excluding hydrogens is 208 g/mol. The van der Waals surface area contributed by atoms with Crippen molar-refractivity contribution in [3.05, 3.63) is 17.8 Å². The van der Waals surface area contributed by atoms with Crippen LogP contribution < -0.4 is 0 Å². The summed E-state index contributed by atoms with van der Waals surface area (Å²) in [7, 11) is 0. The Morgan fingerprint density at radius 3 is 3.12 bits per heavy atom. The molecule has 88 valence electrons. The van der Waals surface area contributed by atoms with E-state index in [1.165, 1.54) is 6.39 Å². The first kappa shape index (κ1) is 11.1. The summed E-state index contributed by atoms with van der Waals surface area (Å²) >= 11 is 0. The number of oxazole rings is 1. The molecule has 16 heavy (non-hydrogen) atoms. The van der Waals surface area contributed by atoms with Gasteiger partial charge in [0.1, 0.15) is 11.8 Å². The van der Waals surface area contributed by atoms with E-state index in [9.17, 15) is 4.79 Å². The number of hydrogen-bond acceptors (Lipinski definition) is 4. The summed E-state index contributed by atoms with van der Waals surface area (Å²) in [6, 6.07) is -0.371. The molecule has 0 radical (unpaired) electrons. The van der Waals surface area contributed by atoms with Crippen molar-refractivity contribution < 1.29 is 14.3 Å². The van der Waals surface area contributed by atoms with Gasteiger partial charge in [0, 0.05) is 6.54 Å². The highest BCUT2D eigenvalue weighted by Gasteiger charge is 2.29. The number of nitrogens with zero attached hydrogens (tertiary/aromatic N) is 2. The van der Waals surface area contributed by atoms with Crippen molar-refractivity contribution >= 4 is 5.97 Å². The molecule has 1 fully saturated rings. The Labute approximate surface area is 94.1 Å². The minimum Gasteiger partial charge on any atom is -0.480 e. The summed E-state index contributed by atoms with van der Waals surface area (Å²) < 4.78 is 5.12. The molecule has 1 N–H and O–H groups in total. The van der Waals surface area contributed by atoms with Crippen LogP contribution in [0.1, 0.15) is 30.7 Å². The fraction of sp³-hybridized carbons (Fsp3) is 0.636. The third-order valence-electron chi connectivity index (χ3n) is 3.10. The van der Waals surface area contributed by atoms with Crippen LogP contribution in [0, 0.1) is 6.92 Å². The molecular formula is C11H16N2O3. The lowest BCUT2D eigenvalue weighted by atomic mass is 10.0. The minimum absolute atomic E-state index is 0.371. The van der Waals surface area contributed by atoms with Gasteiger partial charge in [0.05, 0.1) is 5.69 Å². The largest absolute Gasteiger partial charge is 0.480 e. The Hall–Kier alpha value is -1.36. The van der Waals surface area contributed by atoms with Gasteiger partial charge in [-0.25, -0.2) is 4.98 Å². The van der Waals surface area contributed by atoms with E-state index in [1.807, 2.05) is 11.8 Å². The Kier molecular flexibility index (Phi) is 3.24. The van der Waals surface area contributed by atoms with Gasteiger partial charge in [0.25, 0.3) is 0 Å². The average molecular weight is 224 g/mol. The summed E-state index contributed by atoms with van der Waals surface area (Å²) in [5.41, 5.74) is 0.841. The van der Waals surface area contributed by atoms with Crippen molar-refractivity contribution in [2.45, 2.75) is 38.8 Å². The first-order valence-corrected chi connectivity index (χ1v) is 5.54. The van der Waals surface area contributed by atoms with Crippen molar-refractivity contribution in [3.8, 4) is 0 Å². The molecule has 1 aliphatic heterocycles. The Morgan fingerprint density at radius 2 is 2.50 bits per heavy atom. The summed E-state index contributed by atoms with van der Waals surface area (Å²) in [6.45, 7) is 3.24. The number of carbonyl (C=O) groups is 1. The van der Waals surface area contributed by atoms with Crippen LogP contribution in [0.5, 0.6) is 0 Å². The van der Waals surface area contributed by atoms with Crippen LogP contribution in [-0.4, -0.2) is 33.5 Å². The Morgan fingerprint density at radius 1 is 1.69 bits per heavy atom. The molecule has 5 nitrogen and oxygen atoms in total. The zero-order valence-electron chi connectivity index (χ0n) is 9.35.